The molecular weight excluding hydrogens is 290 g/mol. The molecule has 1 unspecified atom stereocenters. The second kappa shape index (κ2) is 6.92. The van der Waals surface area contributed by atoms with Crippen LogP contribution in [0.4, 0.5) is 0 Å². The number of nitrogens with one attached hydrogen (secondary N) is 1. The van der Waals surface area contributed by atoms with Crippen molar-refractivity contribution >= 4 is 11.7 Å². The molecule has 1 saturated carbocycles. The summed E-state index contributed by atoms with van der Waals surface area (Å²) in [6, 6.07) is -0.471. The summed E-state index contributed by atoms with van der Waals surface area (Å²) in [7, 11) is 0. The SMILES string of the molecule is CC1(O)CCC(CC(=O)NC(C(=O)C(C)(C)C)C(C)(C)C)CC1. The number of hydrogen-bond donors (Lipinski definition) is 2. The van der Waals surface area contributed by atoms with Gasteiger partial charge in [0.2, 0.25) is 5.91 Å². The zero-order valence-corrected chi connectivity index (χ0v) is 16.0. The lowest BCUT2D eigenvalue weighted by molar-refractivity contribution is -0.135. The normalized spacial score (nSPS) is 27.4. The Morgan fingerprint density at radius 2 is 1.61 bits per heavy atom. The number of Topliss-reactive ketones (excluding diaryl/α,β-unsaturated/α-hetero) is 1. The maximum Gasteiger partial charge on any atom is 0.220 e. The van der Waals surface area contributed by atoms with E-state index in [4.69, 9.17) is 0 Å². The van der Waals surface area contributed by atoms with E-state index in [-0.39, 0.29) is 17.1 Å². The van der Waals surface area contributed by atoms with Crippen molar-refractivity contribution < 1.29 is 14.7 Å². The Balaban J connectivity index is 2.67. The smallest absolute Gasteiger partial charge is 0.220 e. The highest BCUT2D eigenvalue weighted by atomic mass is 16.3. The van der Waals surface area contributed by atoms with Crippen LogP contribution in [-0.4, -0.2) is 28.4 Å². The molecule has 1 fully saturated rings. The van der Waals surface area contributed by atoms with Gasteiger partial charge < -0.3 is 10.4 Å². The van der Waals surface area contributed by atoms with E-state index in [9.17, 15) is 14.7 Å². The topological polar surface area (TPSA) is 66.4 Å². The maximum absolute atomic E-state index is 12.7. The molecule has 1 aliphatic carbocycles. The fraction of sp³-hybridized carbons (Fsp3) is 0.895. The van der Waals surface area contributed by atoms with E-state index in [1.807, 2.05) is 48.5 Å². The first kappa shape index (κ1) is 20.1. The van der Waals surface area contributed by atoms with E-state index in [1.54, 1.807) is 0 Å². The Bertz CT molecular complexity index is 431. The summed E-state index contributed by atoms with van der Waals surface area (Å²) in [5, 5.41) is 13.0. The molecule has 4 heteroatoms. The van der Waals surface area contributed by atoms with Crippen LogP contribution in [0.25, 0.3) is 0 Å². The lowest BCUT2D eigenvalue weighted by atomic mass is 9.75. The first-order valence-electron chi connectivity index (χ1n) is 8.78. The minimum absolute atomic E-state index is 0.0472. The van der Waals surface area contributed by atoms with Gasteiger partial charge in [-0.05, 0) is 43.9 Å². The van der Waals surface area contributed by atoms with Crippen LogP contribution in [0.15, 0.2) is 0 Å². The molecule has 0 spiro atoms. The van der Waals surface area contributed by atoms with Crippen LogP contribution in [0.1, 0.15) is 80.6 Å². The molecule has 134 valence electrons. The summed E-state index contributed by atoms with van der Waals surface area (Å²) in [6.45, 7) is 13.5. The van der Waals surface area contributed by atoms with Crippen molar-refractivity contribution in [2.45, 2.75) is 92.2 Å². The highest BCUT2D eigenvalue weighted by molar-refractivity contribution is 5.93. The van der Waals surface area contributed by atoms with Crippen molar-refractivity contribution in [3.05, 3.63) is 0 Å². The van der Waals surface area contributed by atoms with Crippen molar-refractivity contribution in [2.75, 3.05) is 0 Å². The van der Waals surface area contributed by atoms with E-state index < -0.39 is 17.1 Å². The summed E-state index contributed by atoms with van der Waals surface area (Å²) < 4.78 is 0. The van der Waals surface area contributed by atoms with E-state index in [0.29, 0.717) is 12.3 Å². The standard InChI is InChI=1S/C19H35NO3/c1-17(2,3)15(16(22)18(4,5)6)20-14(21)12-13-8-10-19(7,23)11-9-13/h13,15,23H,8-12H2,1-7H3,(H,20,21). The first-order chi connectivity index (χ1) is 10.2. The first-order valence-corrected chi connectivity index (χ1v) is 8.78. The zero-order chi connectivity index (χ0) is 18.1. The van der Waals surface area contributed by atoms with Gasteiger partial charge in [0.15, 0.2) is 5.78 Å². The highest BCUT2D eigenvalue weighted by Gasteiger charge is 2.38. The molecule has 2 N–H and O–H groups in total. The molecule has 1 amide bonds. The predicted octanol–water partition coefficient (Wildman–Crippen LogP) is 3.46. The third kappa shape index (κ3) is 6.25. The van der Waals surface area contributed by atoms with Crippen LogP contribution >= 0.6 is 0 Å². The summed E-state index contributed by atoms with van der Waals surface area (Å²) in [4.78, 5) is 25.1. The molecule has 0 aromatic rings. The molecule has 1 aliphatic rings. The molecule has 0 aromatic carbocycles. The summed E-state index contributed by atoms with van der Waals surface area (Å²) in [6.07, 6.45) is 3.67. The minimum atomic E-state index is -0.580. The molecule has 1 atom stereocenters. The van der Waals surface area contributed by atoms with Gasteiger partial charge >= 0.3 is 0 Å². The number of aliphatic hydroxyl groups is 1. The highest BCUT2D eigenvalue weighted by Crippen LogP contribution is 2.33. The molecule has 23 heavy (non-hydrogen) atoms. The van der Waals surface area contributed by atoms with Crippen molar-refractivity contribution in [3.8, 4) is 0 Å². The number of hydrogen-bond acceptors (Lipinski definition) is 3. The fourth-order valence-corrected chi connectivity index (χ4v) is 3.09. The van der Waals surface area contributed by atoms with Crippen LogP contribution in [-0.2, 0) is 9.59 Å². The fourth-order valence-electron chi connectivity index (χ4n) is 3.09. The van der Waals surface area contributed by atoms with Crippen LogP contribution in [0.5, 0.6) is 0 Å². The molecule has 4 nitrogen and oxygen atoms in total. The van der Waals surface area contributed by atoms with E-state index in [0.717, 1.165) is 25.7 Å². The molecule has 0 saturated heterocycles. The van der Waals surface area contributed by atoms with Crippen molar-refractivity contribution in [1.82, 2.24) is 5.32 Å². The van der Waals surface area contributed by atoms with E-state index in [1.165, 1.54) is 0 Å². The second-order valence-corrected chi connectivity index (χ2v) is 9.63. The third-order valence-corrected chi connectivity index (χ3v) is 4.83. The molecular formula is C19H35NO3. The van der Waals surface area contributed by atoms with Gasteiger partial charge in [-0.3, -0.25) is 9.59 Å². The largest absolute Gasteiger partial charge is 0.390 e. The van der Waals surface area contributed by atoms with Crippen molar-refractivity contribution in [2.24, 2.45) is 16.7 Å². The van der Waals surface area contributed by atoms with Crippen LogP contribution in [0.3, 0.4) is 0 Å². The van der Waals surface area contributed by atoms with Gasteiger partial charge in [-0.1, -0.05) is 41.5 Å². The van der Waals surface area contributed by atoms with Gasteiger partial charge in [0.25, 0.3) is 0 Å². The summed E-state index contributed by atoms with van der Waals surface area (Å²) >= 11 is 0. The van der Waals surface area contributed by atoms with Gasteiger partial charge in [0, 0.05) is 11.8 Å². The van der Waals surface area contributed by atoms with Gasteiger partial charge in [0.1, 0.15) is 0 Å². The van der Waals surface area contributed by atoms with Crippen LogP contribution < -0.4 is 5.32 Å². The van der Waals surface area contributed by atoms with Crippen molar-refractivity contribution in [1.29, 1.82) is 0 Å². The quantitative estimate of drug-likeness (QED) is 0.832. The maximum atomic E-state index is 12.7. The second-order valence-electron chi connectivity index (χ2n) is 9.63. The third-order valence-electron chi connectivity index (χ3n) is 4.83. The Morgan fingerprint density at radius 3 is 2.00 bits per heavy atom. The van der Waals surface area contributed by atoms with Crippen molar-refractivity contribution in [3.63, 3.8) is 0 Å². The predicted molar refractivity (Wildman–Crippen MR) is 93.0 cm³/mol. The van der Waals surface area contributed by atoms with Crippen LogP contribution in [0.2, 0.25) is 0 Å². The summed E-state index contributed by atoms with van der Waals surface area (Å²) in [5.41, 5.74) is -1.37. The number of carbonyl (C=O) groups excluding carboxylic acids is 2. The number of carbonyl (C=O) groups is 2. The molecule has 0 bridgehead atoms. The lowest BCUT2D eigenvalue weighted by Crippen LogP contribution is -2.53. The number of rotatable bonds is 4. The van der Waals surface area contributed by atoms with E-state index in [2.05, 4.69) is 5.32 Å². The van der Waals surface area contributed by atoms with Gasteiger partial charge in [0.05, 0.1) is 11.6 Å². The van der Waals surface area contributed by atoms with Gasteiger partial charge in [-0.2, -0.15) is 0 Å². The summed E-state index contributed by atoms with van der Waals surface area (Å²) in [5.74, 6) is 0.333. The minimum Gasteiger partial charge on any atom is -0.390 e. The van der Waals surface area contributed by atoms with Gasteiger partial charge in [-0.15, -0.1) is 0 Å². The van der Waals surface area contributed by atoms with Crippen LogP contribution in [0, 0.1) is 16.7 Å². The molecule has 0 radical (unpaired) electrons. The molecule has 0 heterocycles. The Labute approximate surface area is 141 Å². The Kier molecular flexibility index (Phi) is 6.06. The zero-order valence-electron chi connectivity index (χ0n) is 16.0. The number of ketones is 1. The molecule has 0 aliphatic heterocycles. The average Bonchev–Trinajstić information content (AvgIpc) is 2.35. The Hall–Kier alpha value is -0.900. The lowest BCUT2D eigenvalue weighted by Gasteiger charge is -2.36. The average molecular weight is 325 g/mol. The van der Waals surface area contributed by atoms with Gasteiger partial charge in [-0.25, -0.2) is 0 Å². The molecule has 1 rings (SSSR count). The number of amides is 1. The van der Waals surface area contributed by atoms with E-state index >= 15 is 0 Å². The Morgan fingerprint density at radius 1 is 1.13 bits per heavy atom. The monoisotopic (exact) mass is 325 g/mol. The molecule has 0 aromatic heterocycles.